The summed E-state index contributed by atoms with van der Waals surface area (Å²) in [5.41, 5.74) is 0. The van der Waals surface area contributed by atoms with Crippen LogP contribution in [0.2, 0.25) is 0 Å². The molecule has 1 aromatic rings. The maximum absolute atomic E-state index is 9.10. The number of aliphatic hydroxyl groups excluding tert-OH is 1. The van der Waals surface area contributed by atoms with Crippen LogP contribution in [0.4, 0.5) is 0 Å². The standard InChI is InChI=1S/C9H12O3/c1-2-9(11)12-8-5-3-7(10)4-6-8/h3-6,9-11H,2H2,1H3. The van der Waals surface area contributed by atoms with Crippen molar-refractivity contribution >= 4 is 0 Å². The lowest BCUT2D eigenvalue weighted by molar-refractivity contribution is -0.0191. The zero-order valence-corrected chi connectivity index (χ0v) is 6.90. The molecule has 0 aromatic heterocycles. The topological polar surface area (TPSA) is 49.7 Å². The smallest absolute Gasteiger partial charge is 0.197 e. The molecule has 3 nitrogen and oxygen atoms in total. The number of phenols is 1. The fourth-order valence-corrected chi connectivity index (χ4v) is 0.765. The molecule has 0 amide bonds. The zero-order chi connectivity index (χ0) is 8.97. The molecule has 0 saturated carbocycles. The number of rotatable bonds is 3. The minimum Gasteiger partial charge on any atom is -0.508 e. The Kier molecular flexibility index (Phi) is 2.94. The summed E-state index contributed by atoms with van der Waals surface area (Å²) < 4.78 is 5.06. The molecule has 1 unspecified atom stereocenters. The highest BCUT2D eigenvalue weighted by atomic mass is 16.6. The summed E-state index contributed by atoms with van der Waals surface area (Å²) in [6, 6.07) is 6.23. The third-order valence-electron chi connectivity index (χ3n) is 1.46. The van der Waals surface area contributed by atoms with Gasteiger partial charge in [-0.05, 0) is 24.3 Å². The van der Waals surface area contributed by atoms with Crippen LogP contribution in [0.5, 0.6) is 11.5 Å². The zero-order valence-electron chi connectivity index (χ0n) is 6.90. The Bertz CT molecular complexity index is 230. The number of hydrogen-bond acceptors (Lipinski definition) is 3. The van der Waals surface area contributed by atoms with E-state index in [0.29, 0.717) is 12.2 Å². The molecule has 1 aromatic carbocycles. The number of aliphatic hydroxyl groups is 1. The summed E-state index contributed by atoms with van der Waals surface area (Å²) in [6.07, 6.45) is -0.226. The van der Waals surface area contributed by atoms with E-state index < -0.39 is 6.29 Å². The molecule has 0 heterocycles. The van der Waals surface area contributed by atoms with Gasteiger partial charge in [0.2, 0.25) is 0 Å². The Labute approximate surface area is 71.2 Å². The molecule has 0 fully saturated rings. The van der Waals surface area contributed by atoms with Crippen LogP contribution in [0, 0.1) is 0 Å². The number of aromatic hydroxyl groups is 1. The van der Waals surface area contributed by atoms with Crippen LogP contribution in [-0.2, 0) is 0 Å². The fraction of sp³-hybridized carbons (Fsp3) is 0.333. The highest BCUT2D eigenvalue weighted by Crippen LogP contribution is 2.17. The van der Waals surface area contributed by atoms with Gasteiger partial charge in [-0.1, -0.05) is 6.92 Å². The summed E-state index contributed by atoms with van der Waals surface area (Å²) >= 11 is 0. The lowest BCUT2D eigenvalue weighted by Gasteiger charge is -2.10. The van der Waals surface area contributed by atoms with Gasteiger partial charge in [-0.2, -0.15) is 0 Å². The van der Waals surface area contributed by atoms with Crippen LogP contribution < -0.4 is 4.74 Å². The van der Waals surface area contributed by atoms with E-state index >= 15 is 0 Å². The van der Waals surface area contributed by atoms with Gasteiger partial charge in [0.1, 0.15) is 11.5 Å². The van der Waals surface area contributed by atoms with E-state index in [-0.39, 0.29) is 5.75 Å². The minimum atomic E-state index is -0.769. The lowest BCUT2D eigenvalue weighted by Crippen LogP contribution is -2.13. The van der Waals surface area contributed by atoms with E-state index in [1.165, 1.54) is 12.1 Å². The van der Waals surface area contributed by atoms with Crippen molar-refractivity contribution in [2.75, 3.05) is 0 Å². The van der Waals surface area contributed by atoms with E-state index in [9.17, 15) is 0 Å². The van der Waals surface area contributed by atoms with Crippen LogP contribution in [0.1, 0.15) is 13.3 Å². The molecule has 0 spiro atoms. The van der Waals surface area contributed by atoms with E-state index in [1.54, 1.807) is 12.1 Å². The van der Waals surface area contributed by atoms with Crippen molar-refractivity contribution in [3.8, 4) is 11.5 Å². The van der Waals surface area contributed by atoms with Gasteiger partial charge in [-0.25, -0.2) is 0 Å². The van der Waals surface area contributed by atoms with Crippen LogP contribution >= 0.6 is 0 Å². The van der Waals surface area contributed by atoms with Crippen molar-refractivity contribution in [3.63, 3.8) is 0 Å². The van der Waals surface area contributed by atoms with Crippen LogP contribution in [0.15, 0.2) is 24.3 Å². The summed E-state index contributed by atoms with van der Waals surface area (Å²) in [6.45, 7) is 1.82. The molecule has 2 N–H and O–H groups in total. The van der Waals surface area contributed by atoms with Gasteiger partial charge in [0.05, 0.1) is 0 Å². The maximum Gasteiger partial charge on any atom is 0.197 e. The molecular weight excluding hydrogens is 156 g/mol. The molecule has 0 aliphatic carbocycles. The van der Waals surface area contributed by atoms with E-state index in [1.807, 2.05) is 6.92 Å². The van der Waals surface area contributed by atoms with Crippen molar-refractivity contribution in [2.45, 2.75) is 19.6 Å². The molecular formula is C9H12O3. The van der Waals surface area contributed by atoms with Crippen molar-refractivity contribution in [1.29, 1.82) is 0 Å². The SMILES string of the molecule is CCC(O)Oc1ccc(O)cc1. The normalized spacial score (nSPS) is 12.5. The monoisotopic (exact) mass is 168 g/mol. The van der Waals surface area contributed by atoms with Gasteiger partial charge in [0, 0.05) is 6.42 Å². The number of hydrogen-bond donors (Lipinski definition) is 2. The summed E-state index contributed by atoms with van der Waals surface area (Å²) in [4.78, 5) is 0. The quantitative estimate of drug-likeness (QED) is 0.672. The molecule has 1 rings (SSSR count). The Morgan fingerprint density at radius 2 is 1.92 bits per heavy atom. The second kappa shape index (κ2) is 3.97. The highest BCUT2D eigenvalue weighted by Gasteiger charge is 2.01. The Hall–Kier alpha value is -1.22. The third-order valence-corrected chi connectivity index (χ3v) is 1.46. The first-order valence-corrected chi connectivity index (χ1v) is 3.86. The molecule has 3 heteroatoms. The van der Waals surface area contributed by atoms with Crippen LogP contribution in [-0.4, -0.2) is 16.5 Å². The number of benzene rings is 1. The van der Waals surface area contributed by atoms with Gasteiger partial charge in [0.15, 0.2) is 6.29 Å². The molecule has 0 radical (unpaired) electrons. The molecule has 12 heavy (non-hydrogen) atoms. The van der Waals surface area contributed by atoms with E-state index in [2.05, 4.69) is 0 Å². The largest absolute Gasteiger partial charge is 0.508 e. The molecule has 0 aliphatic heterocycles. The van der Waals surface area contributed by atoms with Crippen LogP contribution in [0.25, 0.3) is 0 Å². The molecule has 1 atom stereocenters. The fourth-order valence-electron chi connectivity index (χ4n) is 0.765. The third kappa shape index (κ3) is 2.43. The average molecular weight is 168 g/mol. The van der Waals surface area contributed by atoms with E-state index in [4.69, 9.17) is 14.9 Å². The molecule has 66 valence electrons. The first-order valence-electron chi connectivity index (χ1n) is 3.86. The highest BCUT2D eigenvalue weighted by molar-refractivity contribution is 5.30. The summed E-state index contributed by atoms with van der Waals surface area (Å²) in [5.74, 6) is 0.746. The lowest BCUT2D eigenvalue weighted by atomic mass is 10.3. The van der Waals surface area contributed by atoms with Crippen molar-refractivity contribution in [3.05, 3.63) is 24.3 Å². The van der Waals surface area contributed by atoms with Crippen molar-refractivity contribution in [2.24, 2.45) is 0 Å². The number of ether oxygens (including phenoxy) is 1. The molecule has 0 bridgehead atoms. The number of phenolic OH excluding ortho intramolecular Hbond substituents is 1. The van der Waals surface area contributed by atoms with Gasteiger partial charge >= 0.3 is 0 Å². The van der Waals surface area contributed by atoms with Crippen LogP contribution in [0.3, 0.4) is 0 Å². The second-order valence-electron chi connectivity index (χ2n) is 2.47. The Balaban J connectivity index is 2.58. The minimum absolute atomic E-state index is 0.188. The van der Waals surface area contributed by atoms with Gasteiger partial charge in [-0.3, -0.25) is 0 Å². The maximum atomic E-state index is 9.10. The Morgan fingerprint density at radius 1 is 1.33 bits per heavy atom. The van der Waals surface area contributed by atoms with Gasteiger partial charge in [-0.15, -0.1) is 0 Å². The summed E-state index contributed by atoms with van der Waals surface area (Å²) in [7, 11) is 0. The predicted molar refractivity (Wildman–Crippen MR) is 45.0 cm³/mol. The van der Waals surface area contributed by atoms with Gasteiger partial charge in [0.25, 0.3) is 0 Å². The average Bonchev–Trinajstić information content (AvgIpc) is 2.09. The van der Waals surface area contributed by atoms with Crippen molar-refractivity contribution < 1.29 is 14.9 Å². The summed E-state index contributed by atoms with van der Waals surface area (Å²) in [5, 5.41) is 18.0. The second-order valence-corrected chi connectivity index (χ2v) is 2.47. The Morgan fingerprint density at radius 3 is 2.42 bits per heavy atom. The van der Waals surface area contributed by atoms with E-state index in [0.717, 1.165) is 0 Å². The first-order chi connectivity index (χ1) is 5.72. The first kappa shape index (κ1) is 8.87. The predicted octanol–water partition coefficient (Wildman–Crippen LogP) is 1.50. The van der Waals surface area contributed by atoms with Gasteiger partial charge < -0.3 is 14.9 Å². The molecule has 0 aliphatic rings. The molecule has 0 saturated heterocycles. The van der Waals surface area contributed by atoms with Crippen molar-refractivity contribution in [1.82, 2.24) is 0 Å².